The van der Waals surface area contributed by atoms with Gasteiger partial charge in [-0.3, -0.25) is 0 Å². The standard InChI is InChI=1S/C25H16F2/c1-17-2-4-18(5-3-17)6-7-19-8-10-20(11-9-19)21-12-14-23-22(16-21)13-15-24(26)25(23)27/h2-5,8-16H,1H3. The first kappa shape index (κ1) is 17.0. The third-order valence-corrected chi connectivity index (χ3v) is 4.53. The van der Waals surface area contributed by atoms with Gasteiger partial charge in [-0.2, -0.15) is 0 Å². The van der Waals surface area contributed by atoms with Gasteiger partial charge >= 0.3 is 0 Å². The minimum Gasteiger partial charge on any atom is -0.204 e. The van der Waals surface area contributed by atoms with E-state index in [1.807, 2.05) is 61.5 Å². The van der Waals surface area contributed by atoms with Crippen molar-refractivity contribution in [1.29, 1.82) is 0 Å². The van der Waals surface area contributed by atoms with Crippen molar-refractivity contribution >= 4 is 10.8 Å². The molecular formula is C25H16F2. The summed E-state index contributed by atoms with van der Waals surface area (Å²) in [4.78, 5) is 0. The van der Waals surface area contributed by atoms with Crippen LogP contribution in [0, 0.1) is 30.4 Å². The lowest BCUT2D eigenvalue weighted by molar-refractivity contribution is 0.517. The summed E-state index contributed by atoms with van der Waals surface area (Å²) in [5.74, 6) is 4.69. The van der Waals surface area contributed by atoms with E-state index in [0.717, 1.165) is 28.3 Å². The normalized spacial score (nSPS) is 10.5. The quantitative estimate of drug-likeness (QED) is 0.343. The second-order valence-corrected chi connectivity index (χ2v) is 6.49. The fraction of sp³-hybridized carbons (Fsp3) is 0.0400. The van der Waals surface area contributed by atoms with Crippen molar-refractivity contribution in [2.45, 2.75) is 6.92 Å². The van der Waals surface area contributed by atoms with E-state index in [9.17, 15) is 8.78 Å². The van der Waals surface area contributed by atoms with Crippen molar-refractivity contribution in [3.05, 3.63) is 107 Å². The van der Waals surface area contributed by atoms with E-state index in [4.69, 9.17) is 0 Å². The average Bonchev–Trinajstić information content (AvgIpc) is 2.70. The minimum atomic E-state index is -0.827. The van der Waals surface area contributed by atoms with Gasteiger partial charge < -0.3 is 0 Å². The molecule has 4 aromatic rings. The molecule has 0 aromatic heterocycles. The Kier molecular flexibility index (Phi) is 4.44. The van der Waals surface area contributed by atoms with Crippen molar-refractivity contribution in [2.75, 3.05) is 0 Å². The molecule has 0 fully saturated rings. The topological polar surface area (TPSA) is 0 Å². The lowest BCUT2D eigenvalue weighted by atomic mass is 10.00. The lowest BCUT2D eigenvalue weighted by Crippen LogP contribution is -1.87. The predicted molar refractivity (Wildman–Crippen MR) is 106 cm³/mol. The highest BCUT2D eigenvalue weighted by atomic mass is 19.2. The summed E-state index contributed by atoms with van der Waals surface area (Å²) < 4.78 is 27.2. The highest BCUT2D eigenvalue weighted by molar-refractivity contribution is 5.88. The number of aryl methyl sites for hydroxylation is 1. The molecule has 0 unspecified atom stereocenters. The van der Waals surface area contributed by atoms with Crippen LogP contribution in [0.15, 0.2) is 78.9 Å². The highest BCUT2D eigenvalue weighted by Gasteiger charge is 2.08. The van der Waals surface area contributed by atoms with Crippen LogP contribution in [0.1, 0.15) is 16.7 Å². The van der Waals surface area contributed by atoms with Gasteiger partial charge in [-0.15, -0.1) is 0 Å². The summed E-state index contributed by atoms with van der Waals surface area (Å²) >= 11 is 0. The van der Waals surface area contributed by atoms with Crippen molar-refractivity contribution in [2.24, 2.45) is 0 Å². The van der Waals surface area contributed by atoms with E-state index in [-0.39, 0.29) is 0 Å². The van der Waals surface area contributed by atoms with Gasteiger partial charge in [-0.1, -0.05) is 59.9 Å². The molecule has 0 aliphatic carbocycles. The monoisotopic (exact) mass is 354 g/mol. The van der Waals surface area contributed by atoms with Crippen LogP contribution < -0.4 is 0 Å². The Morgan fingerprint density at radius 1 is 0.630 bits per heavy atom. The molecule has 2 heteroatoms. The van der Waals surface area contributed by atoms with Crippen LogP contribution in [0.2, 0.25) is 0 Å². The minimum absolute atomic E-state index is 0.291. The smallest absolute Gasteiger partial charge is 0.166 e. The van der Waals surface area contributed by atoms with Crippen LogP contribution in [-0.4, -0.2) is 0 Å². The third kappa shape index (κ3) is 3.59. The molecule has 0 saturated heterocycles. The summed E-state index contributed by atoms with van der Waals surface area (Å²) in [6, 6.07) is 24.0. The molecule has 0 bridgehead atoms. The van der Waals surface area contributed by atoms with Crippen LogP contribution in [0.5, 0.6) is 0 Å². The van der Waals surface area contributed by atoms with Crippen LogP contribution in [0.3, 0.4) is 0 Å². The number of hydrogen-bond donors (Lipinski definition) is 0. The Morgan fingerprint density at radius 2 is 1.22 bits per heavy atom. The zero-order chi connectivity index (χ0) is 18.8. The fourth-order valence-corrected chi connectivity index (χ4v) is 2.97. The summed E-state index contributed by atoms with van der Waals surface area (Å²) in [6.45, 7) is 2.05. The number of fused-ring (bicyclic) bond motifs is 1. The number of halogens is 2. The molecule has 0 heterocycles. The predicted octanol–water partition coefficient (Wildman–Crippen LogP) is 6.49. The van der Waals surface area contributed by atoms with Gasteiger partial charge in [0.1, 0.15) is 0 Å². The Bertz CT molecular complexity index is 1180. The number of benzene rings is 4. The molecule has 0 aliphatic heterocycles. The van der Waals surface area contributed by atoms with Gasteiger partial charge in [0.2, 0.25) is 0 Å². The Hall–Kier alpha value is -3.44. The van der Waals surface area contributed by atoms with Crippen molar-refractivity contribution in [3.8, 4) is 23.0 Å². The molecule has 0 nitrogen and oxygen atoms in total. The maximum absolute atomic E-state index is 13.8. The first-order chi connectivity index (χ1) is 13.1. The maximum Gasteiger partial charge on any atom is 0.166 e. The zero-order valence-electron chi connectivity index (χ0n) is 14.8. The molecule has 0 amide bonds. The lowest BCUT2D eigenvalue weighted by Gasteiger charge is -2.06. The molecule has 0 atom stereocenters. The molecule has 0 saturated carbocycles. The third-order valence-electron chi connectivity index (χ3n) is 4.53. The average molecular weight is 354 g/mol. The van der Waals surface area contributed by atoms with E-state index in [1.54, 1.807) is 18.2 Å². The van der Waals surface area contributed by atoms with Crippen molar-refractivity contribution in [3.63, 3.8) is 0 Å². The first-order valence-corrected chi connectivity index (χ1v) is 8.67. The summed E-state index contributed by atoms with van der Waals surface area (Å²) in [7, 11) is 0. The number of hydrogen-bond acceptors (Lipinski definition) is 0. The molecule has 0 N–H and O–H groups in total. The molecule has 4 rings (SSSR count). The summed E-state index contributed by atoms with van der Waals surface area (Å²) in [6.07, 6.45) is 0. The number of rotatable bonds is 1. The van der Waals surface area contributed by atoms with Gasteiger partial charge in [-0.05, 0) is 59.8 Å². The van der Waals surface area contributed by atoms with Gasteiger partial charge in [0.15, 0.2) is 11.6 Å². The molecule has 27 heavy (non-hydrogen) atoms. The van der Waals surface area contributed by atoms with E-state index in [1.165, 1.54) is 5.56 Å². The van der Waals surface area contributed by atoms with Gasteiger partial charge in [0.25, 0.3) is 0 Å². The Morgan fingerprint density at radius 3 is 1.89 bits per heavy atom. The molecule has 130 valence electrons. The van der Waals surface area contributed by atoms with Crippen LogP contribution in [0.25, 0.3) is 21.9 Å². The molecule has 0 spiro atoms. The maximum atomic E-state index is 13.8. The van der Waals surface area contributed by atoms with Gasteiger partial charge in [0.05, 0.1) is 0 Å². The fourth-order valence-electron chi connectivity index (χ4n) is 2.97. The Balaban J connectivity index is 1.62. The SMILES string of the molecule is Cc1ccc(C#Cc2ccc(-c3ccc4c(F)c(F)ccc4c3)cc2)cc1. The highest BCUT2D eigenvalue weighted by Crippen LogP contribution is 2.27. The first-order valence-electron chi connectivity index (χ1n) is 8.67. The van der Waals surface area contributed by atoms with Gasteiger partial charge in [0, 0.05) is 16.5 Å². The van der Waals surface area contributed by atoms with Crippen LogP contribution in [0.4, 0.5) is 8.78 Å². The van der Waals surface area contributed by atoms with E-state index >= 15 is 0 Å². The summed E-state index contributed by atoms with van der Waals surface area (Å²) in [5.41, 5.74) is 5.07. The molecule has 0 radical (unpaired) electrons. The Labute approximate surface area is 157 Å². The molecular weight excluding hydrogens is 338 g/mol. The second-order valence-electron chi connectivity index (χ2n) is 6.49. The van der Waals surface area contributed by atoms with E-state index in [2.05, 4.69) is 11.8 Å². The van der Waals surface area contributed by atoms with Crippen LogP contribution >= 0.6 is 0 Å². The molecule has 0 aliphatic rings. The zero-order valence-corrected chi connectivity index (χ0v) is 14.8. The second kappa shape index (κ2) is 7.05. The van der Waals surface area contributed by atoms with E-state index < -0.39 is 11.6 Å². The van der Waals surface area contributed by atoms with Crippen LogP contribution in [-0.2, 0) is 0 Å². The molecule has 4 aromatic carbocycles. The van der Waals surface area contributed by atoms with E-state index in [0.29, 0.717) is 10.8 Å². The largest absolute Gasteiger partial charge is 0.204 e. The van der Waals surface area contributed by atoms with Crippen molar-refractivity contribution < 1.29 is 8.78 Å². The van der Waals surface area contributed by atoms with Crippen molar-refractivity contribution in [1.82, 2.24) is 0 Å². The summed E-state index contributed by atoms with van der Waals surface area (Å²) in [5, 5.41) is 0.967. The van der Waals surface area contributed by atoms with Gasteiger partial charge in [-0.25, -0.2) is 8.78 Å².